The van der Waals surface area contributed by atoms with Gasteiger partial charge in [0, 0.05) is 25.2 Å². The summed E-state index contributed by atoms with van der Waals surface area (Å²) in [4.78, 5) is 12.9. The fourth-order valence-corrected chi connectivity index (χ4v) is 3.09. The first-order chi connectivity index (χ1) is 9.99. The first kappa shape index (κ1) is 16.0. The van der Waals surface area contributed by atoms with E-state index in [0.29, 0.717) is 22.7 Å². The summed E-state index contributed by atoms with van der Waals surface area (Å²) in [5, 5.41) is 15.1. The van der Waals surface area contributed by atoms with Crippen LogP contribution in [-0.4, -0.2) is 30.6 Å². The van der Waals surface area contributed by atoms with E-state index in [-0.39, 0.29) is 10.6 Å². The van der Waals surface area contributed by atoms with Crippen LogP contribution in [0.5, 0.6) is 0 Å². The number of hydrogen-bond acceptors (Lipinski definition) is 4. The number of nitrogens with zero attached hydrogens (tertiary/aromatic N) is 2. The molecule has 2 rings (SSSR count). The molecule has 0 bridgehead atoms. The van der Waals surface area contributed by atoms with Crippen LogP contribution < -0.4 is 10.2 Å². The van der Waals surface area contributed by atoms with Gasteiger partial charge in [-0.25, -0.2) is 0 Å². The van der Waals surface area contributed by atoms with Crippen molar-refractivity contribution >= 4 is 23.0 Å². The highest BCUT2D eigenvalue weighted by Gasteiger charge is 2.27. The molecule has 1 atom stereocenters. The van der Waals surface area contributed by atoms with Gasteiger partial charge >= 0.3 is 0 Å². The molecule has 116 valence electrons. The Bertz CT molecular complexity index is 508. The number of anilines is 1. The van der Waals surface area contributed by atoms with Gasteiger partial charge in [-0.15, -0.1) is 0 Å². The molecule has 0 spiro atoms. The second-order valence-electron chi connectivity index (χ2n) is 5.88. The van der Waals surface area contributed by atoms with Crippen LogP contribution in [0.2, 0.25) is 5.02 Å². The van der Waals surface area contributed by atoms with Crippen molar-refractivity contribution in [3.05, 3.63) is 33.3 Å². The van der Waals surface area contributed by atoms with Crippen LogP contribution in [-0.2, 0) is 0 Å². The Labute approximate surface area is 130 Å². The third kappa shape index (κ3) is 4.08. The molecule has 1 heterocycles. The zero-order valence-electron chi connectivity index (χ0n) is 12.5. The predicted octanol–water partition coefficient (Wildman–Crippen LogP) is 3.46. The van der Waals surface area contributed by atoms with Gasteiger partial charge in [-0.2, -0.15) is 0 Å². The molecule has 1 saturated heterocycles. The van der Waals surface area contributed by atoms with E-state index >= 15 is 0 Å². The van der Waals surface area contributed by atoms with Crippen LogP contribution in [0.4, 0.5) is 11.4 Å². The first-order valence-electron chi connectivity index (χ1n) is 7.40. The molecular formula is C15H22ClN3O2. The summed E-state index contributed by atoms with van der Waals surface area (Å²) in [6, 6.07) is 5.33. The molecule has 1 aliphatic rings. The highest BCUT2D eigenvalue weighted by atomic mass is 35.5. The highest BCUT2D eigenvalue weighted by Crippen LogP contribution is 2.37. The van der Waals surface area contributed by atoms with E-state index in [2.05, 4.69) is 24.1 Å². The van der Waals surface area contributed by atoms with Crippen molar-refractivity contribution in [2.75, 3.05) is 24.5 Å². The number of nitrogens with one attached hydrogen (secondary N) is 1. The average molecular weight is 312 g/mol. The second kappa shape index (κ2) is 7.09. The number of benzene rings is 1. The van der Waals surface area contributed by atoms with E-state index in [1.807, 2.05) is 0 Å². The van der Waals surface area contributed by atoms with E-state index < -0.39 is 0 Å². The Morgan fingerprint density at radius 2 is 2.29 bits per heavy atom. The number of nitro groups is 1. The van der Waals surface area contributed by atoms with Gasteiger partial charge in [-0.1, -0.05) is 31.5 Å². The van der Waals surface area contributed by atoms with E-state index in [9.17, 15) is 10.1 Å². The minimum atomic E-state index is -0.350. The molecule has 1 N–H and O–H groups in total. The zero-order valence-corrected chi connectivity index (χ0v) is 13.3. The van der Waals surface area contributed by atoms with Gasteiger partial charge in [0.05, 0.1) is 9.95 Å². The molecule has 0 saturated carbocycles. The monoisotopic (exact) mass is 311 g/mol. The lowest BCUT2D eigenvalue weighted by Gasteiger charge is -2.35. The van der Waals surface area contributed by atoms with E-state index in [1.165, 1.54) is 6.07 Å². The Morgan fingerprint density at radius 3 is 2.95 bits per heavy atom. The van der Waals surface area contributed by atoms with Crippen molar-refractivity contribution in [2.45, 2.75) is 32.7 Å². The molecular weight excluding hydrogens is 290 g/mol. The molecule has 1 fully saturated rings. The highest BCUT2D eigenvalue weighted by molar-refractivity contribution is 6.33. The number of piperidine rings is 1. The molecule has 1 aromatic rings. The summed E-state index contributed by atoms with van der Waals surface area (Å²) in [6.07, 6.45) is 2.18. The van der Waals surface area contributed by atoms with Gasteiger partial charge in [0.1, 0.15) is 5.69 Å². The summed E-state index contributed by atoms with van der Waals surface area (Å²) in [5.74, 6) is 0.497. The van der Waals surface area contributed by atoms with Crippen molar-refractivity contribution in [3.63, 3.8) is 0 Å². The zero-order chi connectivity index (χ0) is 15.4. The van der Waals surface area contributed by atoms with Crippen molar-refractivity contribution < 1.29 is 4.92 Å². The van der Waals surface area contributed by atoms with Crippen LogP contribution in [0, 0.1) is 16.0 Å². The molecule has 1 aliphatic heterocycles. The summed E-state index contributed by atoms with van der Waals surface area (Å²) in [6.45, 7) is 6.82. The van der Waals surface area contributed by atoms with Gasteiger partial charge in [-0.05, 0) is 31.4 Å². The smallest absolute Gasteiger partial charge is 0.294 e. The number of nitro benzene ring substituents is 1. The van der Waals surface area contributed by atoms with Gasteiger partial charge < -0.3 is 10.2 Å². The molecule has 1 unspecified atom stereocenters. The topological polar surface area (TPSA) is 58.4 Å². The van der Waals surface area contributed by atoms with Gasteiger partial charge in [0.15, 0.2) is 0 Å². The maximum atomic E-state index is 11.2. The first-order valence-corrected chi connectivity index (χ1v) is 7.78. The lowest BCUT2D eigenvalue weighted by Crippen LogP contribution is -2.41. The van der Waals surface area contributed by atoms with Gasteiger partial charge in [0.2, 0.25) is 0 Å². The Morgan fingerprint density at radius 1 is 1.52 bits per heavy atom. The number of hydrogen-bond donors (Lipinski definition) is 1. The largest absolute Gasteiger partial charge is 0.364 e. The predicted molar refractivity (Wildman–Crippen MR) is 86.2 cm³/mol. The third-order valence-corrected chi connectivity index (χ3v) is 4.12. The van der Waals surface area contributed by atoms with Gasteiger partial charge in [0.25, 0.3) is 5.69 Å². The van der Waals surface area contributed by atoms with Crippen LogP contribution in [0.15, 0.2) is 18.2 Å². The van der Waals surface area contributed by atoms with Crippen LogP contribution in [0.3, 0.4) is 0 Å². The standard InChI is InChI=1S/C15H22ClN3O2/c1-11(2)17-9-12-5-4-8-18(10-12)15-13(16)6-3-7-14(15)19(20)21/h3,6-7,11-12,17H,4-5,8-10H2,1-2H3. The molecule has 5 nitrogen and oxygen atoms in total. The maximum absolute atomic E-state index is 11.2. The molecule has 0 aliphatic carbocycles. The average Bonchev–Trinajstić information content (AvgIpc) is 2.45. The summed E-state index contributed by atoms with van der Waals surface area (Å²) in [7, 11) is 0. The quantitative estimate of drug-likeness (QED) is 0.668. The maximum Gasteiger partial charge on any atom is 0.294 e. The fourth-order valence-electron chi connectivity index (χ4n) is 2.80. The third-order valence-electron chi connectivity index (χ3n) is 3.81. The number of rotatable bonds is 5. The summed E-state index contributed by atoms with van der Waals surface area (Å²) >= 11 is 6.22. The summed E-state index contributed by atoms with van der Waals surface area (Å²) < 4.78 is 0. The normalized spacial score (nSPS) is 19.0. The fraction of sp³-hybridized carbons (Fsp3) is 0.600. The van der Waals surface area contributed by atoms with E-state index in [4.69, 9.17) is 11.6 Å². The van der Waals surface area contributed by atoms with Crippen molar-refractivity contribution in [1.29, 1.82) is 0 Å². The molecule has 6 heteroatoms. The lowest BCUT2D eigenvalue weighted by atomic mass is 9.97. The minimum Gasteiger partial charge on any atom is -0.364 e. The Kier molecular flexibility index (Phi) is 5.42. The second-order valence-corrected chi connectivity index (χ2v) is 6.29. The minimum absolute atomic E-state index is 0.0972. The van der Waals surface area contributed by atoms with Crippen LogP contribution in [0.25, 0.3) is 0 Å². The molecule has 1 aromatic carbocycles. The lowest BCUT2D eigenvalue weighted by molar-refractivity contribution is -0.384. The van der Waals surface area contributed by atoms with Crippen LogP contribution in [0.1, 0.15) is 26.7 Å². The number of para-hydroxylation sites is 1. The molecule has 0 aromatic heterocycles. The van der Waals surface area contributed by atoms with E-state index in [0.717, 1.165) is 32.5 Å². The molecule has 0 amide bonds. The molecule has 0 radical (unpaired) electrons. The Balaban J connectivity index is 2.16. The van der Waals surface area contributed by atoms with Gasteiger partial charge in [-0.3, -0.25) is 10.1 Å². The van der Waals surface area contributed by atoms with E-state index in [1.54, 1.807) is 12.1 Å². The number of halogens is 1. The van der Waals surface area contributed by atoms with Crippen LogP contribution >= 0.6 is 11.6 Å². The molecule has 21 heavy (non-hydrogen) atoms. The SMILES string of the molecule is CC(C)NCC1CCCN(c2c(Cl)cccc2[N+](=O)[O-])C1. The van der Waals surface area contributed by atoms with Crippen molar-refractivity contribution in [1.82, 2.24) is 5.32 Å². The van der Waals surface area contributed by atoms with Crippen molar-refractivity contribution in [3.8, 4) is 0 Å². The summed E-state index contributed by atoms with van der Waals surface area (Å²) in [5.41, 5.74) is 0.665. The van der Waals surface area contributed by atoms with Crippen molar-refractivity contribution in [2.24, 2.45) is 5.92 Å². The Hall–Kier alpha value is -1.33.